The Labute approximate surface area is 182 Å². The summed E-state index contributed by atoms with van der Waals surface area (Å²) in [6.45, 7) is 5.21. The molecule has 2 aliphatic rings. The Kier molecular flexibility index (Phi) is 5.19. The maximum atomic E-state index is 13.3. The van der Waals surface area contributed by atoms with Gasteiger partial charge in [-0.2, -0.15) is 5.10 Å². The summed E-state index contributed by atoms with van der Waals surface area (Å²) in [5.74, 6) is 0.303. The maximum absolute atomic E-state index is 13.3. The van der Waals surface area contributed by atoms with Crippen molar-refractivity contribution >= 4 is 6.03 Å². The zero-order valence-corrected chi connectivity index (χ0v) is 18.0. The standard InChI is InChI=1S/C24H28N6O/c1-16-5-3-4-6-18(16)19-13-29(2)15-22(19)26-24(31)30-12-9-21-20(14-30)23(28-27-21)17-7-10-25-11-8-17/h3-8,10-11,19,22H,9,12-15H2,1-2H3,(H,26,31)(H,27,28)/t19-,22?/m1/s1. The molecule has 1 unspecified atom stereocenters. The number of likely N-dealkylation sites (tertiary alicyclic amines) is 1. The number of likely N-dealkylation sites (N-methyl/N-ethyl adjacent to an activating group) is 1. The third-order valence-electron chi connectivity index (χ3n) is 6.57. The molecule has 31 heavy (non-hydrogen) atoms. The molecule has 2 N–H and O–H groups in total. The Hall–Kier alpha value is -3.19. The third-order valence-corrected chi connectivity index (χ3v) is 6.57. The topological polar surface area (TPSA) is 77.2 Å². The van der Waals surface area contributed by atoms with Crippen molar-refractivity contribution in [1.29, 1.82) is 0 Å². The van der Waals surface area contributed by atoms with Crippen LogP contribution in [-0.4, -0.2) is 63.7 Å². The summed E-state index contributed by atoms with van der Waals surface area (Å²) in [7, 11) is 2.12. The van der Waals surface area contributed by atoms with Crippen LogP contribution < -0.4 is 5.32 Å². The Bertz CT molecular complexity index is 1080. The lowest BCUT2D eigenvalue weighted by atomic mass is 9.91. The summed E-state index contributed by atoms with van der Waals surface area (Å²) in [5, 5.41) is 11.0. The molecule has 1 saturated heterocycles. The van der Waals surface area contributed by atoms with Crippen LogP contribution in [0.2, 0.25) is 0 Å². The molecule has 2 atom stereocenters. The number of nitrogens with one attached hydrogen (secondary N) is 2. The lowest BCUT2D eigenvalue weighted by Crippen LogP contribution is -2.48. The highest BCUT2D eigenvalue weighted by atomic mass is 16.2. The number of pyridine rings is 1. The minimum absolute atomic E-state index is 0.00594. The predicted octanol–water partition coefficient (Wildman–Crippen LogP) is 2.95. The number of aromatic amines is 1. The second-order valence-corrected chi connectivity index (χ2v) is 8.68. The monoisotopic (exact) mass is 416 g/mol. The smallest absolute Gasteiger partial charge is 0.317 e. The lowest BCUT2D eigenvalue weighted by Gasteiger charge is -2.30. The third kappa shape index (κ3) is 3.81. The Morgan fingerprint density at radius 2 is 1.97 bits per heavy atom. The highest BCUT2D eigenvalue weighted by molar-refractivity contribution is 5.76. The van der Waals surface area contributed by atoms with Gasteiger partial charge >= 0.3 is 6.03 Å². The first-order valence-corrected chi connectivity index (χ1v) is 10.9. The first-order valence-electron chi connectivity index (χ1n) is 10.9. The maximum Gasteiger partial charge on any atom is 0.317 e. The van der Waals surface area contributed by atoms with Crippen LogP contribution in [0.4, 0.5) is 4.79 Å². The van der Waals surface area contributed by atoms with Gasteiger partial charge in [0.1, 0.15) is 0 Å². The average Bonchev–Trinajstić information content (AvgIpc) is 3.37. The highest BCUT2D eigenvalue weighted by Crippen LogP contribution is 2.31. The number of H-pyrrole nitrogens is 1. The molecule has 2 aliphatic heterocycles. The molecule has 1 fully saturated rings. The normalized spacial score (nSPS) is 21.2. The van der Waals surface area contributed by atoms with Gasteiger partial charge in [0.05, 0.1) is 18.3 Å². The fourth-order valence-corrected chi connectivity index (χ4v) is 4.93. The fraction of sp³-hybridized carbons (Fsp3) is 0.375. The van der Waals surface area contributed by atoms with Crippen LogP contribution >= 0.6 is 0 Å². The lowest BCUT2D eigenvalue weighted by molar-refractivity contribution is 0.187. The largest absolute Gasteiger partial charge is 0.333 e. The van der Waals surface area contributed by atoms with E-state index in [9.17, 15) is 4.79 Å². The van der Waals surface area contributed by atoms with Gasteiger partial charge in [-0.25, -0.2) is 4.79 Å². The highest BCUT2D eigenvalue weighted by Gasteiger charge is 2.35. The number of hydrogen-bond donors (Lipinski definition) is 2. The van der Waals surface area contributed by atoms with Crippen molar-refractivity contribution in [2.24, 2.45) is 0 Å². The first-order chi connectivity index (χ1) is 15.1. The molecule has 5 rings (SSSR count). The van der Waals surface area contributed by atoms with Gasteiger partial charge < -0.3 is 15.1 Å². The van der Waals surface area contributed by atoms with E-state index in [1.54, 1.807) is 12.4 Å². The molecule has 0 radical (unpaired) electrons. The minimum Gasteiger partial charge on any atom is -0.333 e. The number of hydrogen-bond acceptors (Lipinski definition) is 4. The summed E-state index contributed by atoms with van der Waals surface area (Å²) in [6, 6.07) is 12.5. The number of urea groups is 1. The van der Waals surface area contributed by atoms with E-state index in [0.717, 1.165) is 42.0 Å². The average molecular weight is 417 g/mol. The van der Waals surface area contributed by atoms with Crippen molar-refractivity contribution in [2.45, 2.75) is 31.8 Å². The molecule has 0 aliphatic carbocycles. The van der Waals surface area contributed by atoms with E-state index in [4.69, 9.17) is 0 Å². The number of rotatable bonds is 3. The van der Waals surface area contributed by atoms with E-state index in [1.165, 1.54) is 11.1 Å². The van der Waals surface area contributed by atoms with Gasteiger partial charge in [0.25, 0.3) is 0 Å². The first kappa shape index (κ1) is 19.8. The predicted molar refractivity (Wildman–Crippen MR) is 120 cm³/mol. The molecule has 4 heterocycles. The van der Waals surface area contributed by atoms with Gasteiger partial charge in [-0.3, -0.25) is 10.1 Å². The van der Waals surface area contributed by atoms with E-state index in [-0.39, 0.29) is 12.1 Å². The number of amides is 2. The van der Waals surface area contributed by atoms with Crippen molar-refractivity contribution in [3.05, 3.63) is 71.2 Å². The van der Waals surface area contributed by atoms with Crippen LogP contribution in [0.15, 0.2) is 48.8 Å². The van der Waals surface area contributed by atoms with E-state index >= 15 is 0 Å². The Morgan fingerprint density at radius 1 is 1.16 bits per heavy atom. The van der Waals surface area contributed by atoms with Gasteiger partial charge in [0.15, 0.2) is 0 Å². The SMILES string of the molecule is Cc1ccccc1[C@H]1CN(C)CC1NC(=O)N1CCc2[nH]nc(-c3ccncc3)c2C1. The molecule has 0 saturated carbocycles. The van der Waals surface area contributed by atoms with Crippen LogP contribution in [-0.2, 0) is 13.0 Å². The number of fused-ring (bicyclic) bond motifs is 1. The Balaban J connectivity index is 1.33. The molecule has 160 valence electrons. The van der Waals surface area contributed by atoms with Crippen molar-refractivity contribution in [3.8, 4) is 11.3 Å². The molecule has 7 heteroatoms. The van der Waals surface area contributed by atoms with Crippen molar-refractivity contribution in [2.75, 3.05) is 26.7 Å². The molecule has 1 aromatic carbocycles. The van der Waals surface area contributed by atoms with Gasteiger partial charge in [-0.15, -0.1) is 0 Å². The van der Waals surface area contributed by atoms with Crippen molar-refractivity contribution < 1.29 is 4.79 Å². The zero-order valence-electron chi connectivity index (χ0n) is 18.0. The van der Waals surface area contributed by atoms with Gasteiger partial charge in [0.2, 0.25) is 0 Å². The van der Waals surface area contributed by atoms with E-state index in [2.05, 4.69) is 63.6 Å². The number of benzene rings is 1. The Morgan fingerprint density at radius 3 is 2.77 bits per heavy atom. The molecular weight excluding hydrogens is 388 g/mol. The number of nitrogens with zero attached hydrogens (tertiary/aromatic N) is 4. The molecule has 2 amide bonds. The summed E-state index contributed by atoms with van der Waals surface area (Å²) in [6.07, 6.45) is 4.32. The van der Waals surface area contributed by atoms with E-state index < -0.39 is 0 Å². The second kappa shape index (κ2) is 8.15. The van der Waals surface area contributed by atoms with E-state index in [1.807, 2.05) is 17.0 Å². The molecule has 2 aromatic heterocycles. The molecule has 3 aromatic rings. The number of carbonyl (C=O) groups excluding carboxylic acids is 1. The van der Waals surface area contributed by atoms with Crippen molar-refractivity contribution in [3.63, 3.8) is 0 Å². The van der Waals surface area contributed by atoms with Gasteiger partial charge in [-0.1, -0.05) is 24.3 Å². The van der Waals surface area contributed by atoms with Crippen LogP contribution in [0.25, 0.3) is 11.3 Å². The number of aryl methyl sites for hydroxylation is 1. The van der Waals surface area contributed by atoms with Crippen LogP contribution in [0.3, 0.4) is 0 Å². The summed E-state index contributed by atoms with van der Waals surface area (Å²) in [4.78, 5) is 21.6. The second-order valence-electron chi connectivity index (χ2n) is 8.68. The molecule has 7 nitrogen and oxygen atoms in total. The van der Waals surface area contributed by atoms with E-state index in [0.29, 0.717) is 19.0 Å². The minimum atomic E-state index is 0.00594. The summed E-state index contributed by atoms with van der Waals surface area (Å²) < 4.78 is 0. The summed E-state index contributed by atoms with van der Waals surface area (Å²) in [5.41, 5.74) is 6.76. The van der Waals surface area contributed by atoms with Gasteiger partial charge in [-0.05, 0) is 37.2 Å². The molecule has 0 spiro atoms. The zero-order chi connectivity index (χ0) is 21.4. The molecule has 0 bridgehead atoms. The number of aromatic nitrogens is 3. The fourth-order valence-electron chi connectivity index (χ4n) is 4.93. The number of carbonyl (C=O) groups is 1. The van der Waals surface area contributed by atoms with Gasteiger partial charge in [0, 0.05) is 61.2 Å². The van der Waals surface area contributed by atoms with Crippen molar-refractivity contribution in [1.82, 2.24) is 30.3 Å². The quantitative estimate of drug-likeness (QED) is 0.688. The van der Waals surface area contributed by atoms with Crippen LogP contribution in [0.1, 0.15) is 28.3 Å². The van der Waals surface area contributed by atoms with Crippen LogP contribution in [0, 0.1) is 6.92 Å². The molecular formula is C24H28N6O. The summed E-state index contributed by atoms with van der Waals surface area (Å²) >= 11 is 0. The van der Waals surface area contributed by atoms with Crippen LogP contribution in [0.5, 0.6) is 0 Å².